The molecule has 1 fully saturated rings. The quantitative estimate of drug-likeness (QED) is 0.493. The summed E-state index contributed by atoms with van der Waals surface area (Å²) in [7, 11) is 2.13. The van der Waals surface area contributed by atoms with Gasteiger partial charge in [0.25, 0.3) is 0 Å². The molecule has 1 rings (SSSR count). The largest absolute Gasteiger partial charge is 0.366 e. The summed E-state index contributed by atoms with van der Waals surface area (Å²) in [5.41, 5.74) is 5.09. The summed E-state index contributed by atoms with van der Waals surface area (Å²) >= 11 is 0. The van der Waals surface area contributed by atoms with Crippen molar-refractivity contribution in [3.8, 4) is 0 Å². The molecule has 1 aliphatic heterocycles. The van der Waals surface area contributed by atoms with E-state index in [1.54, 1.807) is 6.92 Å². The Morgan fingerprint density at radius 3 is 1.83 bits per heavy atom. The highest BCUT2D eigenvalue weighted by atomic mass is 35.5. The van der Waals surface area contributed by atoms with Gasteiger partial charge in [-0.25, -0.2) is 0 Å². The van der Waals surface area contributed by atoms with Crippen molar-refractivity contribution >= 4 is 18.3 Å². The number of amides is 1. The molecule has 2 N–H and O–H groups in total. The zero-order valence-corrected chi connectivity index (χ0v) is 8.65. The first kappa shape index (κ1) is 14.0. The van der Waals surface area contributed by atoms with Gasteiger partial charge in [0.2, 0.25) is 5.91 Å². The fourth-order valence-electron chi connectivity index (χ4n) is 0.370. The van der Waals surface area contributed by atoms with Crippen molar-refractivity contribution < 1.29 is 4.79 Å². The Morgan fingerprint density at radius 1 is 1.67 bits per heavy atom. The maximum absolute atomic E-state index is 9.82. The summed E-state index contributed by atoms with van der Waals surface area (Å²) in [6.45, 7) is 8.38. The Labute approximate surface area is 80.0 Å². The number of likely N-dealkylation sites (N-methyl/N-ethyl adjacent to an activating group) is 1. The molecular weight excluding hydrogens is 176 g/mol. The van der Waals surface area contributed by atoms with Gasteiger partial charge in [-0.15, -0.1) is 12.4 Å². The van der Waals surface area contributed by atoms with Crippen LogP contribution in [0.4, 0.5) is 0 Å². The van der Waals surface area contributed by atoms with Gasteiger partial charge in [-0.3, -0.25) is 4.79 Å². The molecule has 1 saturated heterocycles. The van der Waals surface area contributed by atoms with Crippen LogP contribution in [0.1, 0.15) is 13.8 Å². The number of nitrogens with zero attached hydrogens (tertiary/aromatic N) is 1. The van der Waals surface area contributed by atoms with Gasteiger partial charge >= 0.3 is 0 Å². The molecule has 1 aliphatic rings. The highest BCUT2D eigenvalue weighted by Crippen LogP contribution is 2.09. The van der Waals surface area contributed by atoms with Crippen LogP contribution < -0.4 is 5.73 Å². The number of nitrogens with two attached hydrogens (primary N) is 1. The van der Waals surface area contributed by atoms with Crippen LogP contribution in [0.25, 0.3) is 0 Å². The topological polar surface area (TPSA) is 46.1 Å². The summed E-state index contributed by atoms with van der Waals surface area (Å²) in [5.74, 6) is -0.435. The van der Waals surface area contributed by atoms with E-state index >= 15 is 0 Å². The van der Waals surface area contributed by atoms with Gasteiger partial charge in [0, 0.05) is 18.2 Å². The average molecular weight is 193 g/mol. The van der Waals surface area contributed by atoms with Gasteiger partial charge in [-0.05, 0) is 20.9 Å². The summed E-state index contributed by atoms with van der Waals surface area (Å²) in [6, 6.07) is 0.884. The Balaban J connectivity index is 0. The zero-order valence-electron chi connectivity index (χ0n) is 7.83. The lowest BCUT2D eigenvalue weighted by atomic mass is 10.3. The van der Waals surface area contributed by atoms with Crippen LogP contribution >= 0.6 is 12.4 Å². The molecule has 0 aromatic rings. The van der Waals surface area contributed by atoms with Gasteiger partial charge in [-0.2, -0.15) is 0 Å². The molecule has 0 saturated carbocycles. The van der Waals surface area contributed by atoms with Gasteiger partial charge in [-0.1, -0.05) is 6.58 Å². The van der Waals surface area contributed by atoms with Gasteiger partial charge < -0.3 is 10.6 Å². The van der Waals surface area contributed by atoms with Crippen molar-refractivity contribution in [2.45, 2.75) is 19.9 Å². The summed E-state index contributed by atoms with van der Waals surface area (Å²) in [6.07, 6.45) is 0. The number of primary amides is 1. The maximum Gasteiger partial charge on any atom is 0.243 e. The first-order valence-corrected chi connectivity index (χ1v) is 3.60. The van der Waals surface area contributed by atoms with Crippen molar-refractivity contribution in [1.82, 2.24) is 4.90 Å². The Kier molecular flexibility index (Phi) is 7.04. The fraction of sp³-hybridized carbons (Fsp3) is 0.625. The summed E-state index contributed by atoms with van der Waals surface area (Å²) in [4.78, 5) is 12.1. The Hall–Kier alpha value is -0.540. The number of carbonyl (C=O) groups excluding carboxylic acids is 1. The van der Waals surface area contributed by atoms with Crippen LogP contribution in [-0.4, -0.2) is 30.4 Å². The summed E-state index contributed by atoms with van der Waals surface area (Å²) < 4.78 is 0. The fourth-order valence-corrected chi connectivity index (χ4v) is 0.370. The van der Waals surface area contributed by atoms with Crippen LogP contribution in [0.3, 0.4) is 0 Å². The zero-order chi connectivity index (χ0) is 9.02. The molecule has 1 heterocycles. The number of rotatable bonds is 1. The third-order valence-electron chi connectivity index (χ3n) is 1.59. The number of halogens is 1. The predicted octanol–water partition coefficient (Wildman–Crippen LogP) is 0.790. The molecular formula is C8H17ClN2O. The normalized spacial score (nSPS) is 24.2. The highest BCUT2D eigenvalue weighted by Gasteiger charge is 2.22. The van der Waals surface area contributed by atoms with Crippen molar-refractivity contribution in [2.75, 3.05) is 13.6 Å². The molecule has 4 heteroatoms. The van der Waals surface area contributed by atoms with E-state index in [0.717, 1.165) is 6.04 Å². The number of hydrogen-bond acceptors (Lipinski definition) is 2. The molecule has 2 atom stereocenters. The van der Waals surface area contributed by atoms with Crippen molar-refractivity contribution in [3.63, 3.8) is 0 Å². The molecule has 2 unspecified atom stereocenters. The summed E-state index contributed by atoms with van der Waals surface area (Å²) in [5, 5.41) is 0. The minimum atomic E-state index is -0.435. The first-order chi connectivity index (χ1) is 4.95. The smallest absolute Gasteiger partial charge is 0.243 e. The second-order valence-corrected chi connectivity index (χ2v) is 2.93. The van der Waals surface area contributed by atoms with Crippen molar-refractivity contribution in [1.29, 1.82) is 0 Å². The molecule has 0 aromatic carbocycles. The maximum atomic E-state index is 9.82. The van der Waals surface area contributed by atoms with Crippen LogP contribution in [0.2, 0.25) is 0 Å². The van der Waals surface area contributed by atoms with Crippen LogP contribution in [0.5, 0.6) is 0 Å². The van der Waals surface area contributed by atoms with Gasteiger partial charge in [0.05, 0.1) is 0 Å². The molecule has 0 aliphatic carbocycles. The molecule has 72 valence electrons. The van der Waals surface area contributed by atoms with Gasteiger partial charge in [0.1, 0.15) is 0 Å². The Bertz CT molecular complexity index is 152. The van der Waals surface area contributed by atoms with E-state index < -0.39 is 5.91 Å². The predicted molar refractivity (Wildman–Crippen MR) is 53.3 cm³/mol. The third kappa shape index (κ3) is 7.57. The number of hydrogen-bond donors (Lipinski definition) is 1. The molecule has 0 bridgehead atoms. The Morgan fingerprint density at radius 2 is 1.83 bits per heavy atom. The minimum absolute atomic E-state index is 0. The second-order valence-electron chi connectivity index (χ2n) is 2.93. The molecule has 0 aromatic heterocycles. The lowest BCUT2D eigenvalue weighted by molar-refractivity contribution is -0.114. The molecule has 1 amide bonds. The SMILES string of the molecule is C=C(C)C(N)=O.CC1CN1C.Cl. The van der Waals surface area contributed by atoms with Crippen LogP contribution in [-0.2, 0) is 4.79 Å². The lowest BCUT2D eigenvalue weighted by Gasteiger charge is -1.81. The average Bonchev–Trinajstić information content (AvgIpc) is 2.46. The highest BCUT2D eigenvalue weighted by molar-refractivity contribution is 5.90. The molecule has 12 heavy (non-hydrogen) atoms. The van der Waals surface area contributed by atoms with Gasteiger partial charge in [0.15, 0.2) is 0 Å². The molecule has 3 nitrogen and oxygen atoms in total. The first-order valence-electron chi connectivity index (χ1n) is 3.60. The van der Waals surface area contributed by atoms with E-state index in [2.05, 4.69) is 25.5 Å². The van der Waals surface area contributed by atoms with Crippen LogP contribution in [0.15, 0.2) is 12.2 Å². The van der Waals surface area contributed by atoms with E-state index in [4.69, 9.17) is 5.73 Å². The lowest BCUT2D eigenvalue weighted by Crippen LogP contribution is -2.10. The van der Waals surface area contributed by atoms with E-state index in [-0.39, 0.29) is 12.4 Å². The standard InChI is InChI=1S/C4H7NO.C4H9N.ClH/c1-3(2)4(5)6;1-4-3-5(4)2;/h1H2,2H3,(H2,5,6);4H,3H2,1-2H3;1H. The van der Waals surface area contributed by atoms with E-state index in [1.165, 1.54) is 6.54 Å². The third-order valence-corrected chi connectivity index (χ3v) is 1.59. The van der Waals surface area contributed by atoms with Crippen LogP contribution in [0, 0.1) is 0 Å². The van der Waals surface area contributed by atoms with E-state index in [0.29, 0.717) is 5.57 Å². The van der Waals surface area contributed by atoms with Crippen molar-refractivity contribution in [2.24, 2.45) is 5.73 Å². The number of carbonyl (C=O) groups is 1. The van der Waals surface area contributed by atoms with E-state index in [1.807, 2.05) is 0 Å². The molecule has 0 radical (unpaired) electrons. The van der Waals surface area contributed by atoms with E-state index in [9.17, 15) is 4.79 Å². The minimum Gasteiger partial charge on any atom is -0.366 e. The monoisotopic (exact) mass is 192 g/mol. The molecule has 0 spiro atoms. The second kappa shape index (κ2) is 6.03. The van der Waals surface area contributed by atoms with Crippen molar-refractivity contribution in [3.05, 3.63) is 12.2 Å².